The molecule has 0 radical (unpaired) electrons. The van der Waals surface area contributed by atoms with Gasteiger partial charge in [-0.2, -0.15) is 0 Å². The molecule has 118 valence electrons. The van der Waals surface area contributed by atoms with Gasteiger partial charge in [0.1, 0.15) is 11.3 Å². The number of nitrogens with zero attached hydrogens (tertiary/aromatic N) is 1. The average Bonchev–Trinajstić information content (AvgIpc) is 2.96. The van der Waals surface area contributed by atoms with Gasteiger partial charge in [-0.05, 0) is 36.1 Å². The lowest BCUT2D eigenvalue weighted by Gasteiger charge is -2.25. The van der Waals surface area contributed by atoms with E-state index in [-0.39, 0.29) is 11.3 Å². The van der Waals surface area contributed by atoms with Crippen LogP contribution in [0, 0.1) is 0 Å². The van der Waals surface area contributed by atoms with Crippen molar-refractivity contribution in [2.24, 2.45) is 0 Å². The van der Waals surface area contributed by atoms with Crippen LogP contribution in [0.5, 0.6) is 5.75 Å². The fraction of sp³-hybridized carbons (Fsp3) is 0.176. The number of para-hydroxylation sites is 1. The summed E-state index contributed by atoms with van der Waals surface area (Å²) in [6, 6.07) is 12.8. The molecule has 1 aliphatic carbocycles. The fourth-order valence-electron chi connectivity index (χ4n) is 2.80. The summed E-state index contributed by atoms with van der Waals surface area (Å²) in [4.78, 5) is 28.8. The second-order valence-corrected chi connectivity index (χ2v) is 5.26. The molecule has 1 amide bonds. The minimum absolute atomic E-state index is 0.0787. The van der Waals surface area contributed by atoms with Crippen LogP contribution in [0.2, 0.25) is 0 Å². The maximum Gasteiger partial charge on any atom is 0.441 e. The number of phenols is 1. The standard InChI is InChI=1S/C17H15NO5/c19-15-8-4-3-7-13(15)16(20)23-18(17(21)22)14-10-9-11-5-1-2-6-12(11)14/h1-8,14,19H,9-10H2,(H,21,22). The molecule has 2 aromatic carbocycles. The van der Waals surface area contributed by atoms with Crippen molar-refractivity contribution >= 4 is 12.1 Å². The van der Waals surface area contributed by atoms with Crippen molar-refractivity contribution in [3.05, 3.63) is 65.2 Å². The number of carbonyl (C=O) groups is 2. The first-order chi connectivity index (χ1) is 11.1. The normalized spacial score (nSPS) is 15.7. The van der Waals surface area contributed by atoms with Crippen LogP contribution in [0.4, 0.5) is 4.79 Å². The Morgan fingerprint density at radius 2 is 1.78 bits per heavy atom. The van der Waals surface area contributed by atoms with E-state index < -0.39 is 18.1 Å². The maximum atomic E-state index is 12.2. The molecule has 0 saturated carbocycles. The number of aryl methyl sites for hydroxylation is 1. The van der Waals surface area contributed by atoms with E-state index in [4.69, 9.17) is 4.84 Å². The summed E-state index contributed by atoms with van der Waals surface area (Å²) in [5, 5.41) is 19.8. The summed E-state index contributed by atoms with van der Waals surface area (Å²) >= 11 is 0. The molecule has 1 unspecified atom stereocenters. The van der Waals surface area contributed by atoms with E-state index in [1.807, 2.05) is 24.3 Å². The van der Waals surface area contributed by atoms with Gasteiger partial charge >= 0.3 is 12.1 Å². The van der Waals surface area contributed by atoms with E-state index in [1.165, 1.54) is 12.1 Å². The second kappa shape index (κ2) is 6.00. The number of hydrogen-bond acceptors (Lipinski definition) is 4. The van der Waals surface area contributed by atoms with Crippen molar-refractivity contribution in [1.29, 1.82) is 0 Å². The SMILES string of the molecule is O=C(ON(C(=O)O)C1CCc2ccccc21)c1ccccc1O. The summed E-state index contributed by atoms with van der Waals surface area (Å²) < 4.78 is 0. The molecule has 2 aromatic rings. The summed E-state index contributed by atoms with van der Waals surface area (Å²) in [5.41, 5.74) is 1.80. The molecule has 0 heterocycles. The van der Waals surface area contributed by atoms with Crippen LogP contribution in [0.3, 0.4) is 0 Å². The van der Waals surface area contributed by atoms with Gasteiger partial charge < -0.3 is 15.1 Å². The van der Waals surface area contributed by atoms with Gasteiger partial charge in [0.25, 0.3) is 0 Å². The number of carbonyl (C=O) groups excluding carboxylic acids is 1. The van der Waals surface area contributed by atoms with Gasteiger partial charge in [-0.3, -0.25) is 0 Å². The van der Waals surface area contributed by atoms with Gasteiger partial charge in [0.05, 0.1) is 6.04 Å². The van der Waals surface area contributed by atoms with Crippen LogP contribution in [-0.2, 0) is 11.3 Å². The Balaban J connectivity index is 1.85. The van der Waals surface area contributed by atoms with E-state index in [0.717, 1.165) is 17.5 Å². The molecular weight excluding hydrogens is 298 g/mol. The van der Waals surface area contributed by atoms with Gasteiger partial charge in [0.15, 0.2) is 0 Å². The molecule has 0 fully saturated rings. The molecule has 6 nitrogen and oxygen atoms in total. The third-order valence-electron chi connectivity index (χ3n) is 3.88. The number of benzene rings is 2. The Bertz CT molecular complexity index is 758. The molecular formula is C17H15NO5. The zero-order chi connectivity index (χ0) is 16.4. The Kier molecular flexibility index (Phi) is 3.89. The lowest BCUT2D eigenvalue weighted by atomic mass is 10.1. The Labute approximate surface area is 132 Å². The molecule has 2 N–H and O–H groups in total. The summed E-state index contributed by atoms with van der Waals surface area (Å²) in [7, 11) is 0. The van der Waals surface area contributed by atoms with Crippen LogP contribution < -0.4 is 0 Å². The summed E-state index contributed by atoms with van der Waals surface area (Å²) in [6.45, 7) is 0. The van der Waals surface area contributed by atoms with Crippen LogP contribution in [0.15, 0.2) is 48.5 Å². The third-order valence-corrected chi connectivity index (χ3v) is 3.88. The molecule has 0 bridgehead atoms. The minimum atomic E-state index is -1.35. The molecule has 0 aromatic heterocycles. The van der Waals surface area contributed by atoms with Gasteiger partial charge in [-0.15, -0.1) is 5.06 Å². The predicted molar refractivity (Wildman–Crippen MR) is 80.9 cm³/mol. The molecule has 1 aliphatic rings. The topological polar surface area (TPSA) is 87.1 Å². The van der Waals surface area contributed by atoms with Gasteiger partial charge in [-0.1, -0.05) is 36.4 Å². The van der Waals surface area contributed by atoms with Crippen molar-refractivity contribution in [3.8, 4) is 5.75 Å². The van der Waals surface area contributed by atoms with Crippen molar-refractivity contribution in [2.75, 3.05) is 0 Å². The largest absolute Gasteiger partial charge is 0.507 e. The number of phenolic OH excluding ortho intramolecular Hbond substituents is 1. The molecule has 1 atom stereocenters. The van der Waals surface area contributed by atoms with E-state index in [1.54, 1.807) is 12.1 Å². The number of amides is 1. The summed E-state index contributed by atoms with van der Waals surface area (Å²) in [6.07, 6.45) is -0.0891. The average molecular weight is 313 g/mol. The highest BCUT2D eigenvalue weighted by Crippen LogP contribution is 2.36. The minimum Gasteiger partial charge on any atom is -0.507 e. The highest BCUT2D eigenvalue weighted by molar-refractivity contribution is 5.92. The number of hydroxylamine groups is 2. The maximum absolute atomic E-state index is 12.2. The Morgan fingerprint density at radius 3 is 2.52 bits per heavy atom. The van der Waals surface area contributed by atoms with Crippen molar-refractivity contribution in [2.45, 2.75) is 18.9 Å². The number of carboxylic acid groups (broad SMARTS) is 1. The monoisotopic (exact) mass is 313 g/mol. The lowest BCUT2D eigenvalue weighted by Crippen LogP contribution is -2.35. The number of aromatic hydroxyl groups is 1. The van der Waals surface area contributed by atoms with Crippen LogP contribution in [0.1, 0.15) is 33.9 Å². The highest BCUT2D eigenvalue weighted by Gasteiger charge is 2.34. The first-order valence-corrected chi connectivity index (χ1v) is 7.18. The zero-order valence-electron chi connectivity index (χ0n) is 12.2. The quantitative estimate of drug-likeness (QED) is 0.832. The number of hydrogen-bond donors (Lipinski definition) is 2. The molecule has 0 spiro atoms. The number of fused-ring (bicyclic) bond motifs is 1. The summed E-state index contributed by atoms with van der Waals surface area (Å²) in [5.74, 6) is -1.16. The Hall–Kier alpha value is -3.02. The first kappa shape index (κ1) is 14.9. The van der Waals surface area contributed by atoms with Crippen molar-refractivity contribution in [3.63, 3.8) is 0 Å². The van der Waals surface area contributed by atoms with E-state index in [9.17, 15) is 19.8 Å². The zero-order valence-corrected chi connectivity index (χ0v) is 12.2. The van der Waals surface area contributed by atoms with Gasteiger partial charge in [0.2, 0.25) is 0 Å². The van der Waals surface area contributed by atoms with E-state index in [0.29, 0.717) is 11.5 Å². The van der Waals surface area contributed by atoms with E-state index >= 15 is 0 Å². The van der Waals surface area contributed by atoms with Gasteiger partial charge in [0, 0.05) is 0 Å². The second-order valence-electron chi connectivity index (χ2n) is 5.26. The Morgan fingerprint density at radius 1 is 1.09 bits per heavy atom. The van der Waals surface area contributed by atoms with Crippen LogP contribution in [0.25, 0.3) is 0 Å². The molecule has 0 saturated heterocycles. The third kappa shape index (κ3) is 2.83. The first-order valence-electron chi connectivity index (χ1n) is 7.18. The lowest BCUT2D eigenvalue weighted by molar-refractivity contribution is -0.113. The van der Waals surface area contributed by atoms with E-state index in [2.05, 4.69) is 0 Å². The highest BCUT2D eigenvalue weighted by atomic mass is 16.7. The number of rotatable bonds is 2. The molecule has 23 heavy (non-hydrogen) atoms. The molecule has 3 rings (SSSR count). The predicted octanol–water partition coefficient (Wildman–Crippen LogP) is 3.13. The van der Waals surface area contributed by atoms with Crippen molar-refractivity contribution in [1.82, 2.24) is 5.06 Å². The van der Waals surface area contributed by atoms with Crippen LogP contribution in [-0.4, -0.2) is 27.3 Å². The molecule has 6 heteroatoms. The smallest absolute Gasteiger partial charge is 0.441 e. The van der Waals surface area contributed by atoms with Crippen LogP contribution >= 0.6 is 0 Å². The van der Waals surface area contributed by atoms with Crippen molar-refractivity contribution < 1.29 is 24.6 Å². The molecule has 0 aliphatic heterocycles. The van der Waals surface area contributed by atoms with Gasteiger partial charge in [-0.25, -0.2) is 9.59 Å². The fourth-order valence-corrected chi connectivity index (χ4v) is 2.80.